The summed E-state index contributed by atoms with van der Waals surface area (Å²) >= 11 is 0. The van der Waals surface area contributed by atoms with E-state index in [0.29, 0.717) is 19.6 Å². The molecule has 1 atom stereocenters. The van der Waals surface area contributed by atoms with Crippen LogP contribution in [-0.4, -0.2) is 19.1 Å². The summed E-state index contributed by atoms with van der Waals surface area (Å²) in [5.41, 5.74) is 9.12. The zero-order valence-corrected chi connectivity index (χ0v) is 12.2. The van der Waals surface area contributed by atoms with Crippen LogP contribution in [0.1, 0.15) is 49.8 Å². The van der Waals surface area contributed by atoms with Crippen molar-refractivity contribution in [1.29, 1.82) is 0 Å². The summed E-state index contributed by atoms with van der Waals surface area (Å²) < 4.78 is 5.25. The number of ether oxygens (including phenoxy) is 1. The van der Waals surface area contributed by atoms with Gasteiger partial charge in [-0.25, -0.2) is 0 Å². The van der Waals surface area contributed by atoms with E-state index in [0.717, 1.165) is 31.4 Å². The number of benzene rings is 1. The van der Waals surface area contributed by atoms with Crippen molar-refractivity contribution in [2.75, 3.05) is 18.9 Å². The second-order valence-corrected chi connectivity index (χ2v) is 5.27. The third kappa shape index (κ3) is 3.97. The van der Waals surface area contributed by atoms with Crippen molar-refractivity contribution in [3.63, 3.8) is 0 Å². The van der Waals surface area contributed by atoms with Gasteiger partial charge in [0.2, 0.25) is 5.91 Å². The molecule has 1 aliphatic rings. The van der Waals surface area contributed by atoms with Crippen molar-refractivity contribution in [2.45, 2.75) is 45.1 Å². The molecule has 0 spiro atoms. The van der Waals surface area contributed by atoms with E-state index in [9.17, 15) is 4.79 Å². The van der Waals surface area contributed by atoms with Crippen LogP contribution in [0.3, 0.4) is 0 Å². The smallest absolute Gasteiger partial charge is 0.220 e. The fraction of sp³-hybridized carbons (Fsp3) is 0.562. The number of carbonyl (C=O) groups excluding carboxylic acids is 1. The summed E-state index contributed by atoms with van der Waals surface area (Å²) in [6, 6.07) is 6.13. The maximum absolute atomic E-state index is 12.0. The molecule has 0 heterocycles. The Morgan fingerprint density at radius 2 is 2.35 bits per heavy atom. The van der Waals surface area contributed by atoms with Gasteiger partial charge in [-0.2, -0.15) is 0 Å². The van der Waals surface area contributed by atoms with Crippen LogP contribution in [0.4, 0.5) is 5.69 Å². The van der Waals surface area contributed by atoms with Gasteiger partial charge in [0.15, 0.2) is 0 Å². The van der Waals surface area contributed by atoms with E-state index in [-0.39, 0.29) is 11.9 Å². The molecule has 0 saturated heterocycles. The molecule has 1 unspecified atom stereocenters. The molecule has 1 aromatic rings. The van der Waals surface area contributed by atoms with E-state index in [1.54, 1.807) is 0 Å². The molecule has 4 nitrogen and oxygen atoms in total. The summed E-state index contributed by atoms with van der Waals surface area (Å²) in [6.45, 7) is 3.32. The lowest BCUT2D eigenvalue weighted by Crippen LogP contribution is -2.31. The van der Waals surface area contributed by atoms with E-state index in [4.69, 9.17) is 10.5 Å². The van der Waals surface area contributed by atoms with Crippen LogP contribution < -0.4 is 11.1 Å². The number of hydrogen-bond donors (Lipinski definition) is 2. The van der Waals surface area contributed by atoms with Gasteiger partial charge < -0.3 is 15.8 Å². The monoisotopic (exact) mass is 276 g/mol. The van der Waals surface area contributed by atoms with Crippen LogP contribution in [0.2, 0.25) is 0 Å². The van der Waals surface area contributed by atoms with E-state index < -0.39 is 0 Å². The molecule has 1 aromatic carbocycles. The van der Waals surface area contributed by atoms with Gasteiger partial charge in [-0.15, -0.1) is 0 Å². The standard InChI is InChI=1S/C16H24N2O2/c1-2-20-10-4-7-16(19)18-15-6-3-5-12-11-13(17)8-9-14(12)15/h8-9,11,15H,2-7,10,17H2,1H3,(H,18,19). The molecule has 20 heavy (non-hydrogen) atoms. The predicted molar refractivity (Wildman–Crippen MR) is 80.4 cm³/mol. The van der Waals surface area contributed by atoms with Gasteiger partial charge in [0.05, 0.1) is 6.04 Å². The first-order valence-electron chi connectivity index (χ1n) is 7.46. The predicted octanol–water partition coefficient (Wildman–Crippen LogP) is 2.58. The van der Waals surface area contributed by atoms with E-state index in [1.165, 1.54) is 11.1 Å². The number of nitrogens with two attached hydrogens (primary N) is 1. The minimum absolute atomic E-state index is 0.111. The first kappa shape index (κ1) is 14.9. The fourth-order valence-corrected chi connectivity index (χ4v) is 2.73. The SMILES string of the molecule is CCOCCCC(=O)NC1CCCc2cc(N)ccc21. The lowest BCUT2D eigenvalue weighted by Gasteiger charge is -2.26. The molecule has 0 bridgehead atoms. The van der Waals surface area contributed by atoms with Crippen molar-refractivity contribution >= 4 is 11.6 Å². The molecule has 3 N–H and O–H groups in total. The largest absolute Gasteiger partial charge is 0.399 e. The molecule has 1 aliphatic carbocycles. The lowest BCUT2D eigenvalue weighted by molar-refractivity contribution is -0.122. The summed E-state index contributed by atoms with van der Waals surface area (Å²) in [5, 5.41) is 3.14. The molecule has 2 rings (SSSR count). The maximum Gasteiger partial charge on any atom is 0.220 e. The first-order chi connectivity index (χ1) is 9.70. The third-order valence-corrected chi connectivity index (χ3v) is 3.71. The Balaban J connectivity index is 1.89. The van der Waals surface area contributed by atoms with Crippen LogP contribution in [0.25, 0.3) is 0 Å². The number of rotatable bonds is 6. The summed E-state index contributed by atoms with van der Waals surface area (Å²) in [7, 11) is 0. The number of hydrogen-bond acceptors (Lipinski definition) is 3. The van der Waals surface area contributed by atoms with Crippen LogP contribution in [0.15, 0.2) is 18.2 Å². The Morgan fingerprint density at radius 1 is 1.50 bits per heavy atom. The highest BCUT2D eigenvalue weighted by Gasteiger charge is 2.21. The minimum atomic E-state index is 0.111. The quantitative estimate of drug-likeness (QED) is 0.620. The Bertz CT molecular complexity index is 460. The lowest BCUT2D eigenvalue weighted by atomic mass is 9.87. The third-order valence-electron chi connectivity index (χ3n) is 3.71. The van der Waals surface area contributed by atoms with Crippen LogP contribution in [0, 0.1) is 0 Å². The number of aryl methyl sites for hydroxylation is 1. The molecule has 0 fully saturated rings. The van der Waals surface area contributed by atoms with Crippen molar-refractivity contribution in [1.82, 2.24) is 5.32 Å². The molecule has 0 aromatic heterocycles. The van der Waals surface area contributed by atoms with Gasteiger partial charge >= 0.3 is 0 Å². The second-order valence-electron chi connectivity index (χ2n) is 5.27. The van der Waals surface area contributed by atoms with Gasteiger partial charge in [-0.3, -0.25) is 4.79 Å². The Morgan fingerprint density at radius 3 is 3.15 bits per heavy atom. The highest BCUT2D eigenvalue weighted by atomic mass is 16.5. The highest BCUT2D eigenvalue weighted by molar-refractivity contribution is 5.76. The van der Waals surface area contributed by atoms with Gasteiger partial charge in [-0.1, -0.05) is 6.07 Å². The van der Waals surface area contributed by atoms with E-state index in [2.05, 4.69) is 11.4 Å². The topological polar surface area (TPSA) is 64.3 Å². The summed E-state index contributed by atoms with van der Waals surface area (Å²) in [4.78, 5) is 12.0. The van der Waals surface area contributed by atoms with Gasteiger partial charge in [0.25, 0.3) is 0 Å². The van der Waals surface area contributed by atoms with Gasteiger partial charge in [-0.05, 0) is 55.9 Å². The number of amides is 1. The fourth-order valence-electron chi connectivity index (χ4n) is 2.73. The number of carbonyl (C=O) groups is 1. The van der Waals surface area contributed by atoms with Crippen molar-refractivity contribution in [3.05, 3.63) is 29.3 Å². The zero-order chi connectivity index (χ0) is 14.4. The van der Waals surface area contributed by atoms with Gasteiger partial charge in [0, 0.05) is 25.3 Å². The highest BCUT2D eigenvalue weighted by Crippen LogP contribution is 2.30. The summed E-state index contributed by atoms with van der Waals surface area (Å²) in [5.74, 6) is 0.111. The molecule has 0 radical (unpaired) electrons. The van der Waals surface area contributed by atoms with Crippen molar-refractivity contribution in [3.8, 4) is 0 Å². The molecule has 0 saturated carbocycles. The molecular weight excluding hydrogens is 252 g/mol. The molecule has 110 valence electrons. The number of nitrogen functional groups attached to an aromatic ring is 1. The first-order valence-corrected chi connectivity index (χ1v) is 7.46. The summed E-state index contributed by atoms with van der Waals surface area (Å²) in [6.07, 6.45) is 4.47. The Labute approximate surface area is 120 Å². The van der Waals surface area contributed by atoms with Crippen LogP contribution >= 0.6 is 0 Å². The Hall–Kier alpha value is -1.55. The zero-order valence-electron chi connectivity index (χ0n) is 12.2. The normalized spacial score (nSPS) is 17.6. The molecule has 4 heteroatoms. The molecule has 1 amide bonds. The average molecular weight is 276 g/mol. The maximum atomic E-state index is 12.0. The number of nitrogens with one attached hydrogen (secondary N) is 1. The van der Waals surface area contributed by atoms with Crippen molar-refractivity contribution in [2.24, 2.45) is 0 Å². The molecule has 0 aliphatic heterocycles. The van der Waals surface area contributed by atoms with E-state index in [1.807, 2.05) is 19.1 Å². The van der Waals surface area contributed by atoms with Crippen molar-refractivity contribution < 1.29 is 9.53 Å². The van der Waals surface area contributed by atoms with E-state index >= 15 is 0 Å². The number of anilines is 1. The van der Waals surface area contributed by atoms with Crippen LogP contribution in [-0.2, 0) is 16.0 Å². The average Bonchev–Trinajstić information content (AvgIpc) is 2.43. The minimum Gasteiger partial charge on any atom is -0.399 e. The van der Waals surface area contributed by atoms with Crippen LogP contribution in [0.5, 0.6) is 0 Å². The number of fused-ring (bicyclic) bond motifs is 1. The van der Waals surface area contributed by atoms with Gasteiger partial charge in [0.1, 0.15) is 0 Å². The second kappa shape index (κ2) is 7.29. The molecular formula is C16H24N2O2. The Kier molecular flexibility index (Phi) is 5.41.